The van der Waals surface area contributed by atoms with Crippen LogP contribution in [-0.2, 0) is 58.0 Å². The molecule has 6 N–H and O–H groups in total. The molecule has 2 aliphatic heterocycles. The molecule has 7 unspecified atom stereocenters. The smallest absolute Gasteiger partial charge is 0.411 e. The number of aromatic amines is 1. The van der Waals surface area contributed by atoms with Crippen molar-refractivity contribution in [2.24, 2.45) is 0 Å². The number of hydrogen-bond donors (Lipinski definition) is 6. The molecule has 3 aromatic rings. The van der Waals surface area contributed by atoms with Gasteiger partial charge in [-0.05, 0) is 104 Å². The Hall–Kier alpha value is -4.22. The van der Waals surface area contributed by atoms with Gasteiger partial charge in [-0.2, -0.15) is 0 Å². The van der Waals surface area contributed by atoms with E-state index in [2.05, 4.69) is 44.3 Å². The number of rotatable bonds is 13. The van der Waals surface area contributed by atoms with E-state index in [-0.39, 0.29) is 46.1 Å². The van der Waals surface area contributed by atoms with Crippen LogP contribution in [0.5, 0.6) is 5.75 Å². The van der Waals surface area contributed by atoms with E-state index in [4.69, 9.17) is 46.1 Å². The second-order valence-electron chi connectivity index (χ2n) is 16.1. The van der Waals surface area contributed by atoms with Crippen LogP contribution in [0.2, 0.25) is 0 Å². The summed E-state index contributed by atoms with van der Waals surface area (Å²) in [6.07, 6.45) is -0.337. The van der Waals surface area contributed by atoms with E-state index in [0.29, 0.717) is 41.3 Å². The molecule has 0 saturated carbocycles. The second-order valence-corrected chi connectivity index (χ2v) is 24.5. The number of thioether (sulfide) groups is 1. The Morgan fingerprint density at radius 3 is 2.58 bits per heavy atom. The summed E-state index contributed by atoms with van der Waals surface area (Å²) in [7, 11) is -0.886. The van der Waals surface area contributed by atoms with Gasteiger partial charge in [0.2, 0.25) is 5.78 Å². The molecule has 1 amide bonds. The summed E-state index contributed by atoms with van der Waals surface area (Å²) in [5.74, 6) is 10.4. The van der Waals surface area contributed by atoms with Crippen LogP contribution in [0, 0.1) is 23.7 Å². The van der Waals surface area contributed by atoms with Crippen molar-refractivity contribution in [3.05, 3.63) is 71.2 Å². The van der Waals surface area contributed by atoms with E-state index in [1.165, 1.54) is 24.4 Å². The van der Waals surface area contributed by atoms with Gasteiger partial charge in [0.15, 0.2) is 18.4 Å². The maximum Gasteiger partial charge on any atom is 0.411 e. The number of aliphatic hydroxyl groups excluding tert-OH is 2. The lowest BCUT2D eigenvalue weighted by atomic mass is 9.82. The maximum atomic E-state index is 15.2. The maximum absolute atomic E-state index is 15.2. The molecule has 4 heterocycles. The average molecular weight is 967 g/mol. The molecular formula is C46H54N4O11S4. The van der Waals surface area contributed by atoms with Gasteiger partial charge in [-0.1, -0.05) is 44.8 Å². The SMILES string of the molecule is CC#C/C=C\C#C[C@H](OC1OC(C)C(SC)(C(=O)c2nccc3c2[nH]c2ccc(O)cc23)C(O)C1OC1CCC(NC(C)C)CO1)C1=C(NC(=O)OC)C(=O)C[C@H](O)/C1=C/CS(C)(=S)=S. The number of ether oxygens (including phenoxy) is 5. The quantitative estimate of drug-likeness (QED) is 0.105. The third-order valence-corrected chi connectivity index (χ3v) is 14.3. The lowest BCUT2D eigenvalue weighted by Gasteiger charge is -2.50. The summed E-state index contributed by atoms with van der Waals surface area (Å²) >= 11 is 12.2. The Morgan fingerprint density at radius 1 is 1.17 bits per heavy atom. The Bertz CT molecular complexity index is 2630. The number of methoxy groups -OCH3 is 1. The Morgan fingerprint density at radius 2 is 1.92 bits per heavy atom. The van der Waals surface area contributed by atoms with Crippen LogP contribution in [0.25, 0.3) is 21.8 Å². The third kappa shape index (κ3) is 11.3. The predicted octanol–water partition coefficient (Wildman–Crippen LogP) is 4.25. The molecule has 15 nitrogen and oxygen atoms in total. The first kappa shape index (κ1) is 50.2. The number of benzene rings is 1. The van der Waals surface area contributed by atoms with Crippen molar-refractivity contribution in [1.29, 1.82) is 0 Å². The first-order chi connectivity index (χ1) is 30.9. The van der Waals surface area contributed by atoms with Crippen molar-refractivity contribution in [2.75, 3.05) is 32.0 Å². The van der Waals surface area contributed by atoms with E-state index in [1.807, 2.05) is 13.8 Å². The molecule has 0 bridgehead atoms. The number of phenols is 1. The summed E-state index contributed by atoms with van der Waals surface area (Å²) in [4.78, 5) is 49.6. The highest BCUT2D eigenvalue weighted by molar-refractivity contribution is 8.56. The summed E-state index contributed by atoms with van der Waals surface area (Å²) in [5, 5.41) is 41.9. The van der Waals surface area contributed by atoms with Crippen LogP contribution < -0.4 is 10.6 Å². The van der Waals surface area contributed by atoms with E-state index in [0.717, 1.165) is 18.9 Å². The largest absolute Gasteiger partial charge is 0.508 e. The number of amides is 1. The zero-order valence-corrected chi connectivity index (χ0v) is 40.3. The molecule has 2 fully saturated rings. The number of aromatic nitrogens is 2. The number of pyridine rings is 1. The van der Waals surface area contributed by atoms with E-state index >= 15 is 4.79 Å². The molecular weight excluding hydrogens is 913 g/mol. The van der Waals surface area contributed by atoms with Crippen LogP contribution in [0.15, 0.2) is 65.5 Å². The summed E-state index contributed by atoms with van der Waals surface area (Å²) in [6, 6.07) is 6.79. The van der Waals surface area contributed by atoms with Crippen molar-refractivity contribution < 1.29 is 53.4 Å². The normalized spacial score (nSPS) is 27.4. The van der Waals surface area contributed by atoms with Crippen LogP contribution in [0.3, 0.4) is 0 Å². The van der Waals surface area contributed by atoms with Crippen LogP contribution in [0.1, 0.15) is 57.4 Å². The first-order valence-electron chi connectivity index (χ1n) is 20.9. The molecule has 1 aromatic carbocycles. The number of hydrogen-bond acceptors (Lipinski definition) is 16. The predicted molar refractivity (Wildman–Crippen MR) is 256 cm³/mol. The number of aliphatic hydroxyl groups is 2. The standard InChI is InChI=1S/C46H54N4O11S4/c1-8-9-10-11-12-13-35(37-30(19-21-65(7,62)63)33(52)23-34(53)39(37)50-45(56)57-5)60-44-41(61-36-17-14-27(24-58-36)48-25(2)3)43(55)46(64-6,26(4)59-44)42(54)40-38-29(18-20-47-40)31-22-28(51)15-16-32(31)49-38/h10-11,15-16,18-20,22,25-27,33,35-36,41,43-44,48-49,51-52,55H,14,17,21,23-24H2,1-7H3,(H,50,56)/b11-10-,30-19-/t26?,27?,33-,35-,36?,41?,43?,44?,46?/m0/s1. The summed E-state index contributed by atoms with van der Waals surface area (Å²) in [6.45, 7) is 7.65. The zero-order chi connectivity index (χ0) is 47.2. The van der Waals surface area contributed by atoms with Crippen molar-refractivity contribution in [2.45, 2.75) is 107 Å². The highest BCUT2D eigenvalue weighted by Gasteiger charge is 2.61. The van der Waals surface area contributed by atoms with Gasteiger partial charge in [0, 0.05) is 52.3 Å². The van der Waals surface area contributed by atoms with E-state index < -0.39 is 79.1 Å². The number of carbonyl (C=O) groups excluding carboxylic acids is 3. The average Bonchev–Trinajstić information content (AvgIpc) is 3.63. The molecule has 19 heteroatoms. The molecule has 0 spiro atoms. The highest BCUT2D eigenvalue weighted by Crippen LogP contribution is 2.46. The van der Waals surface area contributed by atoms with Crippen molar-refractivity contribution in [1.82, 2.24) is 20.6 Å². The lowest BCUT2D eigenvalue weighted by molar-refractivity contribution is -0.318. The number of alkyl carbamates (subject to hydrolysis) is 1. The number of aromatic hydroxyl groups is 1. The minimum atomic E-state index is -2.02. The van der Waals surface area contributed by atoms with Crippen molar-refractivity contribution in [3.8, 4) is 29.4 Å². The van der Waals surface area contributed by atoms with Crippen LogP contribution >= 0.6 is 11.8 Å². The third-order valence-electron chi connectivity index (χ3n) is 11.2. The molecule has 2 saturated heterocycles. The number of H-pyrrole nitrogens is 1. The molecule has 9 atom stereocenters. The number of nitrogens with one attached hydrogen (secondary N) is 3. The van der Waals surface area contributed by atoms with Gasteiger partial charge < -0.3 is 49.3 Å². The fourth-order valence-corrected chi connectivity index (χ4v) is 10.2. The van der Waals surface area contributed by atoms with Gasteiger partial charge in [0.05, 0.1) is 37.1 Å². The van der Waals surface area contributed by atoms with Gasteiger partial charge >= 0.3 is 6.09 Å². The lowest BCUT2D eigenvalue weighted by Crippen LogP contribution is -2.68. The van der Waals surface area contributed by atoms with Crippen LogP contribution in [0.4, 0.5) is 4.79 Å². The number of ketones is 2. The topological polar surface area (TPSA) is 211 Å². The van der Waals surface area contributed by atoms with Gasteiger partial charge in [0.25, 0.3) is 0 Å². The zero-order valence-electron chi connectivity index (χ0n) is 37.0. The first-order valence-corrected chi connectivity index (χ1v) is 26.2. The van der Waals surface area contributed by atoms with Crippen molar-refractivity contribution in [3.63, 3.8) is 0 Å². The van der Waals surface area contributed by atoms with E-state index in [1.54, 1.807) is 50.6 Å². The number of allylic oxidation sites excluding steroid dienone is 3. The minimum Gasteiger partial charge on any atom is -0.508 e. The number of Topliss-reactive ketones (excluding diaryl/α,β-unsaturated/α-hetero) is 2. The Labute approximate surface area is 392 Å². The molecule has 348 valence electrons. The molecule has 1 aliphatic carbocycles. The van der Waals surface area contributed by atoms with Gasteiger partial charge in [-0.15, -0.1) is 17.7 Å². The summed E-state index contributed by atoms with van der Waals surface area (Å²) < 4.78 is 29.4. The fraction of sp³-hybridized carbons (Fsp3) is 0.478. The number of nitrogens with zero attached hydrogens (tertiary/aromatic N) is 1. The number of phenolic OH excluding ortho intramolecular Hbond substituents is 1. The number of carbonyl (C=O) groups is 3. The molecule has 0 radical (unpaired) electrons. The minimum absolute atomic E-state index is 0.0187. The number of fused-ring (bicyclic) bond motifs is 3. The molecule has 65 heavy (non-hydrogen) atoms. The molecule has 2 aromatic heterocycles. The highest BCUT2D eigenvalue weighted by atomic mass is 33.1. The van der Waals surface area contributed by atoms with Gasteiger partial charge in [0.1, 0.15) is 34.5 Å². The Balaban J connectivity index is 1.49. The fourth-order valence-electron chi connectivity index (χ4n) is 8.26. The molecule has 6 rings (SSSR count). The second kappa shape index (κ2) is 21.6. The van der Waals surface area contributed by atoms with Gasteiger partial charge in [-0.25, -0.2) is 4.79 Å². The monoisotopic (exact) mass is 966 g/mol. The van der Waals surface area contributed by atoms with Gasteiger partial charge in [-0.3, -0.25) is 19.9 Å². The summed E-state index contributed by atoms with van der Waals surface area (Å²) in [5.41, 5.74) is 0.984. The Kier molecular flexibility index (Phi) is 16.7. The van der Waals surface area contributed by atoms with Crippen molar-refractivity contribution >= 4 is 80.8 Å². The molecule has 3 aliphatic rings. The van der Waals surface area contributed by atoms with E-state index in [9.17, 15) is 24.9 Å². The van der Waals surface area contributed by atoms with Crippen LogP contribution in [-0.4, -0.2) is 135 Å².